The molecule has 0 heterocycles. The molecule has 1 fully saturated rings. The van der Waals surface area contributed by atoms with Crippen molar-refractivity contribution in [2.75, 3.05) is 20.2 Å². The number of benzene rings is 1. The van der Waals surface area contributed by atoms with Gasteiger partial charge in [-0.25, -0.2) is 0 Å². The lowest BCUT2D eigenvalue weighted by Gasteiger charge is -2.34. The van der Waals surface area contributed by atoms with Crippen molar-refractivity contribution < 1.29 is 9.84 Å². The number of aliphatic hydroxyl groups excluding tert-OH is 1. The first kappa shape index (κ1) is 16.6. The Bertz CT molecular complexity index is 433. The summed E-state index contributed by atoms with van der Waals surface area (Å²) in [6.45, 7) is 3.24. The molecule has 1 aliphatic rings. The average Bonchev–Trinajstić information content (AvgIpc) is 2.47. The number of hydrogen-bond acceptors (Lipinski definition) is 3. The zero-order chi connectivity index (χ0) is 15.2. The molecule has 0 bridgehead atoms. The molecular weight excluding hydrogens is 286 g/mol. The SMILES string of the molecule is CC1CCC(N(C)CC(O)COc2ccccc2Cl)CC1. The second kappa shape index (κ2) is 8.02. The van der Waals surface area contributed by atoms with Gasteiger partial charge in [0.15, 0.2) is 0 Å². The van der Waals surface area contributed by atoms with Crippen molar-refractivity contribution >= 4 is 11.6 Å². The van der Waals surface area contributed by atoms with Crippen LogP contribution < -0.4 is 4.74 Å². The molecule has 1 unspecified atom stereocenters. The zero-order valence-electron chi connectivity index (χ0n) is 13.0. The fourth-order valence-electron chi connectivity index (χ4n) is 2.97. The monoisotopic (exact) mass is 311 g/mol. The molecule has 1 saturated carbocycles. The summed E-state index contributed by atoms with van der Waals surface area (Å²) in [7, 11) is 2.10. The summed E-state index contributed by atoms with van der Waals surface area (Å²) in [6.07, 6.45) is 4.55. The number of nitrogens with zero attached hydrogens (tertiary/aromatic N) is 1. The van der Waals surface area contributed by atoms with Gasteiger partial charge in [0.2, 0.25) is 0 Å². The molecule has 1 N–H and O–H groups in total. The Balaban J connectivity index is 1.74. The van der Waals surface area contributed by atoms with Crippen LogP contribution in [0.25, 0.3) is 0 Å². The average molecular weight is 312 g/mol. The van der Waals surface area contributed by atoms with Crippen LogP contribution in [0.1, 0.15) is 32.6 Å². The third kappa shape index (κ3) is 5.17. The number of para-hydroxylation sites is 1. The summed E-state index contributed by atoms with van der Waals surface area (Å²) in [5.41, 5.74) is 0. The molecule has 118 valence electrons. The van der Waals surface area contributed by atoms with E-state index in [0.29, 0.717) is 23.4 Å². The van der Waals surface area contributed by atoms with Gasteiger partial charge in [0.1, 0.15) is 18.5 Å². The molecule has 0 saturated heterocycles. The molecule has 1 aromatic rings. The van der Waals surface area contributed by atoms with Crippen LogP contribution in [0.4, 0.5) is 0 Å². The van der Waals surface area contributed by atoms with Crippen molar-refractivity contribution in [3.63, 3.8) is 0 Å². The maximum Gasteiger partial charge on any atom is 0.138 e. The van der Waals surface area contributed by atoms with Gasteiger partial charge in [0, 0.05) is 12.6 Å². The lowest BCUT2D eigenvalue weighted by molar-refractivity contribution is 0.0532. The first-order valence-electron chi connectivity index (χ1n) is 7.82. The Hall–Kier alpha value is -0.770. The van der Waals surface area contributed by atoms with Gasteiger partial charge >= 0.3 is 0 Å². The number of likely N-dealkylation sites (N-methyl/N-ethyl adjacent to an activating group) is 1. The normalized spacial score (nSPS) is 24.0. The van der Waals surface area contributed by atoms with E-state index in [1.54, 1.807) is 6.07 Å². The molecule has 1 aromatic carbocycles. The minimum absolute atomic E-state index is 0.275. The third-order valence-electron chi connectivity index (χ3n) is 4.38. The zero-order valence-corrected chi connectivity index (χ0v) is 13.7. The first-order chi connectivity index (χ1) is 10.1. The molecule has 3 nitrogen and oxygen atoms in total. The Labute approximate surface area is 132 Å². The molecule has 0 amide bonds. The lowest BCUT2D eigenvalue weighted by Crippen LogP contribution is -2.41. The van der Waals surface area contributed by atoms with Crippen molar-refractivity contribution in [1.29, 1.82) is 0 Å². The second-order valence-corrected chi connectivity index (χ2v) is 6.66. The van der Waals surface area contributed by atoms with Crippen LogP contribution in [0, 0.1) is 5.92 Å². The standard InChI is InChI=1S/C17H26ClNO2/c1-13-7-9-14(10-8-13)19(2)11-15(20)12-21-17-6-4-3-5-16(17)18/h3-6,13-15,20H,7-12H2,1-2H3. The highest BCUT2D eigenvalue weighted by Gasteiger charge is 2.23. The first-order valence-corrected chi connectivity index (χ1v) is 8.19. The van der Waals surface area contributed by atoms with E-state index < -0.39 is 6.10 Å². The van der Waals surface area contributed by atoms with Crippen molar-refractivity contribution in [2.24, 2.45) is 5.92 Å². The van der Waals surface area contributed by atoms with Gasteiger partial charge in [-0.3, -0.25) is 0 Å². The van der Waals surface area contributed by atoms with Gasteiger partial charge in [0.05, 0.1) is 5.02 Å². The summed E-state index contributed by atoms with van der Waals surface area (Å²) in [6, 6.07) is 7.95. The molecule has 1 aliphatic carbocycles. The van der Waals surface area contributed by atoms with Crippen molar-refractivity contribution in [1.82, 2.24) is 4.90 Å². The molecule has 4 heteroatoms. The summed E-state index contributed by atoms with van der Waals surface area (Å²) in [5.74, 6) is 1.48. The summed E-state index contributed by atoms with van der Waals surface area (Å²) in [4.78, 5) is 2.27. The fraction of sp³-hybridized carbons (Fsp3) is 0.647. The van der Waals surface area contributed by atoms with Crippen LogP contribution in [-0.2, 0) is 0 Å². The van der Waals surface area contributed by atoms with E-state index in [1.165, 1.54) is 25.7 Å². The van der Waals surface area contributed by atoms with Crippen LogP contribution in [0.15, 0.2) is 24.3 Å². The minimum Gasteiger partial charge on any atom is -0.489 e. The third-order valence-corrected chi connectivity index (χ3v) is 4.69. The van der Waals surface area contributed by atoms with E-state index in [2.05, 4.69) is 18.9 Å². The van der Waals surface area contributed by atoms with Gasteiger partial charge in [-0.2, -0.15) is 0 Å². The minimum atomic E-state index is -0.495. The Kier molecular flexibility index (Phi) is 6.34. The van der Waals surface area contributed by atoms with Gasteiger partial charge < -0.3 is 14.7 Å². The summed E-state index contributed by atoms with van der Waals surface area (Å²) in [5, 5.41) is 10.7. The Morgan fingerprint density at radius 2 is 1.95 bits per heavy atom. The number of hydrogen-bond donors (Lipinski definition) is 1. The van der Waals surface area contributed by atoms with E-state index in [1.807, 2.05) is 18.2 Å². The van der Waals surface area contributed by atoms with Gasteiger partial charge in [-0.05, 0) is 50.8 Å². The number of halogens is 1. The summed E-state index contributed by atoms with van der Waals surface area (Å²) >= 11 is 6.03. The van der Waals surface area contributed by atoms with Crippen LogP contribution in [0.2, 0.25) is 5.02 Å². The highest BCUT2D eigenvalue weighted by molar-refractivity contribution is 6.32. The van der Waals surface area contributed by atoms with Crippen LogP contribution >= 0.6 is 11.6 Å². The van der Waals surface area contributed by atoms with E-state index in [0.717, 1.165) is 5.92 Å². The predicted molar refractivity (Wildman–Crippen MR) is 87.0 cm³/mol. The maximum atomic E-state index is 10.1. The highest BCUT2D eigenvalue weighted by atomic mass is 35.5. The molecule has 21 heavy (non-hydrogen) atoms. The Morgan fingerprint density at radius 1 is 1.29 bits per heavy atom. The van der Waals surface area contributed by atoms with Gasteiger partial charge in [0.25, 0.3) is 0 Å². The fourth-order valence-corrected chi connectivity index (χ4v) is 3.16. The van der Waals surface area contributed by atoms with Crippen molar-refractivity contribution in [3.8, 4) is 5.75 Å². The highest BCUT2D eigenvalue weighted by Crippen LogP contribution is 2.27. The van der Waals surface area contributed by atoms with Gasteiger partial charge in [-0.1, -0.05) is 30.7 Å². The summed E-state index contributed by atoms with van der Waals surface area (Å²) < 4.78 is 5.60. The van der Waals surface area contributed by atoms with Crippen molar-refractivity contribution in [3.05, 3.63) is 29.3 Å². The van der Waals surface area contributed by atoms with E-state index in [9.17, 15) is 5.11 Å². The largest absolute Gasteiger partial charge is 0.489 e. The lowest BCUT2D eigenvalue weighted by atomic mass is 9.87. The number of aliphatic hydroxyl groups is 1. The molecule has 0 aliphatic heterocycles. The van der Waals surface area contributed by atoms with Crippen molar-refractivity contribution in [2.45, 2.75) is 44.8 Å². The molecule has 2 rings (SSSR count). The maximum absolute atomic E-state index is 10.1. The molecule has 0 aromatic heterocycles. The molecule has 1 atom stereocenters. The second-order valence-electron chi connectivity index (χ2n) is 6.25. The smallest absolute Gasteiger partial charge is 0.138 e. The quantitative estimate of drug-likeness (QED) is 0.871. The topological polar surface area (TPSA) is 32.7 Å². The van der Waals surface area contributed by atoms with E-state index in [-0.39, 0.29) is 6.61 Å². The number of ether oxygens (including phenoxy) is 1. The number of rotatable bonds is 6. The van der Waals surface area contributed by atoms with E-state index >= 15 is 0 Å². The molecular formula is C17H26ClNO2. The van der Waals surface area contributed by atoms with E-state index in [4.69, 9.17) is 16.3 Å². The molecule has 0 spiro atoms. The van der Waals surface area contributed by atoms with Gasteiger partial charge in [-0.15, -0.1) is 0 Å². The van der Waals surface area contributed by atoms with Crippen LogP contribution in [0.5, 0.6) is 5.75 Å². The van der Waals surface area contributed by atoms with Crippen LogP contribution in [-0.4, -0.2) is 42.4 Å². The molecule has 0 radical (unpaired) electrons. The predicted octanol–water partition coefficient (Wildman–Crippen LogP) is 3.59. The Morgan fingerprint density at radius 3 is 2.62 bits per heavy atom. The van der Waals surface area contributed by atoms with Crippen LogP contribution in [0.3, 0.4) is 0 Å².